The van der Waals surface area contributed by atoms with Gasteiger partial charge in [0.25, 0.3) is 0 Å². The van der Waals surface area contributed by atoms with Crippen LogP contribution in [-0.2, 0) is 37.5 Å². The molecule has 0 N–H and O–H groups in total. The summed E-state index contributed by atoms with van der Waals surface area (Å²) in [4.78, 5) is 9.28. The van der Waals surface area contributed by atoms with Crippen LogP contribution in [0.2, 0.25) is 0 Å². The van der Waals surface area contributed by atoms with Gasteiger partial charge in [-0.15, -0.1) is 0 Å². The molecule has 1 radical (unpaired) electrons. The fourth-order valence-electron chi connectivity index (χ4n) is 0.144. The molecule has 0 rings (SSSR count). The molecule has 0 aliphatic carbocycles. The summed E-state index contributed by atoms with van der Waals surface area (Å²) < 4.78 is 0. The Hall–Kier alpha value is 0.864. The van der Waals surface area contributed by atoms with E-state index < -0.39 is 0 Å². The van der Waals surface area contributed by atoms with E-state index in [2.05, 4.69) is 19.8 Å². The summed E-state index contributed by atoms with van der Waals surface area (Å²) in [7, 11) is 0. The first-order valence-corrected chi connectivity index (χ1v) is 4.25. The standard InChI is InChI=1S/C4H5O.C4H9S.Y/c1-4(2)3-5;1-3-4-5-2;/h1H2,2H3;2-4H2,1H3;/q2*-1;. The zero-order chi connectivity index (χ0) is 8.41. The molecular weight excluding hydrogens is 233 g/mol. The Bertz CT molecular complexity index is 92.1. The summed E-state index contributed by atoms with van der Waals surface area (Å²) >= 11 is 1.65. The monoisotopic (exact) mass is 247 g/mol. The van der Waals surface area contributed by atoms with Crippen LogP contribution in [-0.4, -0.2) is 12.0 Å². The number of carbonyl (C=O) groups excluding carboxylic acids is 1. The maximum Gasteiger partial charge on any atom is 0 e. The van der Waals surface area contributed by atoms with Gasteiger partial charge in [-0.25, -0.2) is 6.58 Å². The van der Waals surface area contributed by atoms with Crippen LogP contribution in [0.3, 0.4) is 0 Å². The maximum absolute atomic E-state index is 9.28. The molecular formula is C8H14OSY-2. The minimum Gasteiger partial charge on any atom is -0.419 e. The van der Waals surface area contributed by atoms with E-state index in [1.54, 1.807) is 25.0 Å². The van der Waals surface area contributed by atoms with Crippen molar-refractivity contribution in [1.29, 1.82) is 0 Å². The van der Waals surface area contributed by atoms with E-state index in [9.17, 15) is 4.79 Å². The van der Waals surface area contributed by atoms with Crippen LogP contribution in [0.25, 0.3) is 0 Å². The van der Waals surface area contributed by atoms with Gasteiger partial charge in [0.15, 0.2) is 0 Å². The molecule has 0 amide bonds. The fourth-order valence-corrected chi connectivity index (χ4v) is 0.433. The topological polar surface area (TPSA) is 17.1 Å². The Morgan fingerprint density at radius 1 is 1.73 bits per heavy atom. The van der Waals surface area contributed by atoms with Crippen molar-refractivity contribution in [2.45, 2.75) is 20.3 Å². The van der Waals surface area contributed by atoms with Gasteiger partial charge in [0.2, 0.25) is 0 Å². The first-order chi connectivity index (χ1) is 4.68. The van der Waals surface area contributed by atoms with Crippen molar-refractivity contribution < 1.29 is 37.5 Å². The second-order valence-electron chi connectivity index (χ2n) is 1.79. The first-order valence-electron chi connectivity index (χ1n) is 3.09. The molecule has 0 aromatic carbocycles. The molecule has 0 saturated heterocycles. The van der Waals surface area contributed by atoms with Gasteiger partial charge in [-0.05, 0) is 18.5 Å². The third kappa shape index (κ3) is 36.1. The molecule has 0 fully saturated rings. The number of hydrogen-bond acceptors (Lipinski definition) is 2. The molecule has 0 aromatic heterocycles. The van der Waals surface area contributed by atoms with E-state index in [0.29, 0.717) is 5.57 Å². The smallest absolute Gasteiger partial charge is 0 e. The minimum absolute atomic E-state index is 0. The third-order valence-electron chi connectivity index (χ3n) is 0.523. The predicted octanol–water partition coefficient (Wildman–Crippen LogP) is 2.59. The molecule has 0 heterocycles. The van der Waals surface area contributed by atoms with Crippen molar-refractivity contribution in [2.75, 3.05) is 5.75 Å². The summed E-state index contributed by atoms with van der Waals surface area (Å²) in [5.41, 5.74) is 0.449. The summed E-state index contributed by atoms with van der Waals surface area (Å²) in [5.74, 6) is 1.19. The van der Waals surface area contributed by atoms with E-state index in [4.69, 9.17) is 0 Å². The average Bonchev–Trinajstić information content (AvgIpc) is 1.91. The number of thioether (sulfide) groups is 1. The van der Waals surface area contributed by atoms with Crippen LogP contribution >= 0.6 is 11.8 Å². The molecule has 0 unspecified atom stereocenters. The molecule has 3 heteroatoms. The van der Waals surface area contributed by atoms with E-state index >= 15 is 0 Å². The SMILES string of the molecule is C=C(C)[C-]=O.[CH2-]SCCC.[Y]. The number of hydrogen-bond donors (Lipinski definition) is 0. The third-order valence-corrected chi connectivity index (χ3v) is 1.22. The maximum atomic E-state index is 9.28. The van der Waals surface area contributed by atoms with Crippen LogP contribution < -0.4 is 0 Å². The van der Waals surface area contributed by atoms with Crippen molar-refractivity contribution in [1.82, 2.24) is 0 Å². The van der Waals surface area contributed by atoms with Gasteiger partial charge in [-0.1, -0.05) is 13.8 Å². The summed E-state index contributed by atoms with van der Waals surface area (Å²) in [6.45, 7) is 7.01. The number of allylic oxidation sites excluding steroid dienone is 1. The Morgan fingerprint density at radius 3 is 2.09 bits per heavy atom. The van der Waals surface area contributed by atoms with Crippen molar-refractivity contribution in [2.24, 2.45) is 0 Å². The molecule has 63 valence electrons. The normalized spacial score (nSPS) is 6.82. The molecule has 0 aromatic rings. The molecule has 0 saturated carbocycles. The molecule has 0 bridgehead atoms. The fraction of sp³-hybridized carbons (Fsp3) is 0.500. The van der Waals surface area contributed by atoms with Crippen LogP contribution in [0.1, 0.15) is 20.3 Å². The minimum atomic E-state index is 0. The van der Waals surface area contributed by atoms with Crippen LogP contribution in [0.4, 0.5) is 0 Å². The Kier molecular flexibility index (Phi) is 27.7. The zero-order valence-electron chi connectivity index (χ0n) is 7.22. The number of rotatable bonds is 3. The van der Waals surface area contributed by atoms with Crippen molar-refractivity contribution in [3.05, 3.63) is 18.4 Å². The van der Waals surface area contributed by atoms with Crippen molar-refractivity contribution in [3.8, 4) is 0 Å². The van der Waals surface area contributed by atoms with E-state index in [0.717, 1.165) is 0 Å². The van der Waals surface area contributed by atoms with E-state index in [1.165, 1.54) is 12.2 Å². The Labute approximate surface area is 99.3 Å². The largest absolute Gasteiger partial charge is 0.419 e. The van der Waals surface area contributed by atoms with Crippen LogP contribution in [0, 0.1) is 6.26 Å². The Morgan fingerprint density at radius 2 is 2.09 bits per heavy atom. The second kappa shape index (κ2) is 17.1. The van der Waals surface area contributed by atoms with Crippen LogP contribution in [0.5, 0.6) is 0 Å². The summed E-state index contributed by atoms with van der Waals surface area (Å²) in [6, 6.07) is 0. The second-order valence-corrected chi connectivity index (χ2v) is 2.61. The van der Waals surface area contributed by atoms with E-state index in [1.807, 2.05) is 0 Å². The van der Waals surface area contributed by atoms with Gasteiger partial charge < -0.3 is 16.6 Å². The zero-order valence-corrected chi connectivity index (χ0v) is 10.9. The quantitative estimate of drug-likeness (QED) is 0.563. The first kappa shape index (κ1) is 17.8. The van der Waals surface area contributed by atoms with E-state index in [-0.39, 0.29) is 32.7 Å². The molecule has 11 heavy (non-hydrogen) atoms. The van der Waals surface area contributed by atoms with Crippen molar-refractivity contribution in [3.63, 3.8) is 0 Å². The molecule has 0 atom stereocenters. The summed E-state index contributed by atoms with van der Waals surface area (Å²) in [5, 5.41) is 0. The van der Waals surface area contributed by atoms with Gasteiger partial charge in [0, 0.05) is 32.7 Å². The van der Waals surface area contributed by atoms with Gasteiger partial charge in [0.05, 0.1) is 0 Å². The predicted molar refractivity (Wildman–Crippen MR) is 48.6 cm³/mol. The van der Waals surface area contributed by atoms with Gasteiger partial charge in [0.1, 0.15) is 0 Å². The molecule has 0 aliphatic rings. The Balaban J connectivity index is -0.000000107. The average molecular weight is 247 g/mol. The van der Waals surface area contributed by atoms with Crippen LogP contribution in [0.15, 0.2) is 12.2 Å². The molecule has 1 nitrogen and oxygen atoms in total. The van der Waals surface area contributed by atoms with Crippen molar-refractivity contribution >= 4 is 18.0 Å². The van der Waals surface area contributed by atoms with Gasteiger partial charge >= 0.3 is 0 Å². The van der Waals surface area contributed by atoms with Gasteiger partial charge in [-0.2, -0.15) is 5.57 Å². The van der Waals surface area contributed by atoms with Gasteiger partial charge in [-0.3, -0.25) is 6.26 Å². The molecule has 0 spiro atoms. The molecule has 0 aliphatic heterocycles. The summed E-state index contributed by atoms with van der Waals surface area (Å²) in [6.07, 6.45) is 6.42.